The van der Waals surface area contributed by atoms with Gasteiger partial charge < -0.3 is 5.32 Å². The highest BCUT2D eigenvalue weighted by Gasteiger charge is 2.31. The Morgan fingerprint density at radius 3 is 2.27 bits per heavy atom. The minimum absolute atomic E-state index is 0.0794. The maximum Gasteiger partial charge on any atom is 0.211 e. The van der Waals surface area contributed by atoms with Crippen LogP contribution in [0.25, 0.3) is 0 Å². The number of Topliss-reactive ketones (excluding diaryl/α,β-unsaturated/α-hetero) is 2. The maximum atomic E-state index is 12.6. The fourth-order valence-corrected chi connectivity index (χ4v) is 2.81. The smallest absolute Gasteiger partial charge is 0.211 e. The van der Waals surface area contributed by atoms with Crippen molar-refractivity contribution >= 4 is 44.8 Å². The molecule has 110 valence electrons. The van der Waals surface area contributed by atoms with Crippen molar-refractivity contribution in [2.75, 3.05) is 5.32 Å². The number of fused-ring (bicyclic) bond motifs is 1. The van der Waals surface area contributed by atoms with E-state index >= 15 is 0 Å². The molecule has 0 aromatic heterocycles. The van der Waals surface area contributed by atoms with Crippen molar-refractivity contribution in [3.05, 3.63) is 74.4 Å². The fourth-order valence-electron chi connectivity index (χ4n) is 2.32. The van der Waals surface area contributed by atoms with Crippen LogP contribution in [0.4, 0.5) is 5.69 Å². The van der Waals surface area contributed by atoms with Crippen LogP contribution in [0.3, 0.4) is 0 Å². The molecule has 22 heavy (non-hydrogen) atoms. The molecule has 0 amide bonds. The van der Waals surface area contributed by atoms with Gasteiger partial charge in [0.1, 0.15) is 10.7 Å². The number of nitrogens with one attached hydrogen (secondary N) is 1. The zero-order valence-corrected chi connectivity index (χ0v) is 14.0. The van der Waals surface area contributed by atoms with Crippen molar-refractivity contribution in [2.24, 2.45) is 0 Å². The second kappa shape index (κ2) is 5.71. The Bertz CT molecular complexity index is 842. The molecule has 0 bridgehead atoms. The molecular weight excluding hydrogens is 366 g/mol. The average Bonchev–Trinajstić information content (AvgIpc) is 2.53. The highest BCUT2D eigenvalue weighted by atomic mass is 79.9. The Kier molecular flexibility index (Phi) is 3.89. The molecule has 0 heterocycles. The van der Waals surface area contributed by atoms with Gasteiger partial charge in [0.15, 0.2) is 0 Å². The van der Waals surface area contributed by atoms with Crippen LogP contribution in [0.2, 0.25) is 0 Å². The lowest BCUT2D eigenvalue weighted by molar-refractivity contribution is 0.0982. The second-order valence-corrected chi connectivity index (χ2v) is 6.21. The lowest BCUT2D eigenvalue weighted by Crippen LogP contribution is -2.24. The van der Waals surface area contributed by atoms with Gasteiger partial charge in [-0.25, -0.2) is 0 Å². The molecule has 3 rings (SSSR count). The SMILES string of the molecule is Cc1cc(NC2=C(Cl)C(=O)c3ccccc3C2=O)ccc1Br. The normalized spacial score (nSPS) is 14.1. The number of rotatable bonds is 2. The van der Waals surface area contributed by atoms with Crippen molar-refractivity contribution in [1.82, 2.24) is 0 Å². The number of anilines is 1. The van der Waals surface area contributed by atoms with Gasteiger partial charge in [0.25, 0.3) is 0 Å². The van der Waals surface area contributed by atoms with Crippen molar-refractivity contribution in [2.45, 2.75) is 6.92 Å². The van der Waals surface area contributed by atoms with Crippen LogP contribution in [0.15, 0.2) is 57.7 Å². The van der Waals surface area contributed by atoms with Gasteiger partial charge in [0.2, 0.25) is 11.6 Å². The van der Waals surface area contributed by atoms with Crippen LogP contribution in [0, 0.1) is 6.92 Å². The Labute approximate surface area is 141 Å². The van der Waals surface area contributed by atoms with Crippen LogP contribution < -0.4 is 5.32 Å². The van der Waals surface area contributed by atoms with Gasteiger partial charge in [-0.05, 0) is 30.7 Å². The summed E-state index contributed by atoms with van der Waals surface area (Å²) in [5, 5.41) is 2.90. The zero-order valence-electron chi connectivity index (χ0n) is 11.6. The van der Waals surface area contributed by atoms with E-state index in [1.165, 1.54) is 0 Å². The molecule has 0 saturated carbocycles. The highest BCUT2D eigenvalue weighted by molar-refractivity contribution is 9.10. The number of carbonyl (C=O) groups excluding carboxylic acids is 2. The van der Waals surface area contributed by atoms with Gasteiger partial charge in [-0.1, -0.05) is 51.8 Å². The number of aryl methyl sites for hydroxylation is 1. The predicted octanol–water partition coefficient (Wildman–Crippen LogP) is 4.70. The molecule has 0 saturated heterocycles. The molecule has 1 aliphatic rings. The Hall–Kier alpha value is -1.91. The standard InChI is InChI=1S/C17H11BrClNO2/c1-9-8-10(6-7-13(9)18)20-15-14(19)16(21)11-4-2-3-5-12(11)17(15)22/h2-8,20H,1H3. The van der Waals surface area contributed by atoms with Gasteiger partial charge in [-0.15, -0.1) is 0 Å². The second-order valence-electron chi connectivity index (χ2n) is 4.98. The highest BCUT2D eigenvalue weighted by Crippen LogP contribution is 2.30. The molecule has 3 nitrogen and oxygen atoms in total. The summed E-state index contributed by atoms with van der Waals surface area (Å²) in [7, 11) is 0. The number of ketones is 2. The summed E-state index contributed by atoms with van der Waals surface area (Å²) >= 11 is 9.54. The van der Waals surface area contributed by atoms with E-state index in [0.717, 1.165) is 10.0 Å². The molecular formula is C17H11BrClNO2. The first kappa shape index (κ1) is 15.0. The molecule has 0 radical (unpaired) electrons. The molecule has 1 N–H and O–H groups in total. The third-order valence-electron chi connectivity index (χ3n) is 3.49. The Balaban J connectivity index is 2.03. The van der Waals surface area contributed by atoms with Gasteiger partial charge in [0, 0.05) is 21.3 Å². The average molecular weight is 377 g/mol. The molecule has 0 unspecified atom stereocenters. The summed E-state index contributed by atoms with van der Waals surface area (Å²) in [6.45, 7) is 1.94. The third-order valence-corrected chi connectivity index (χ3v) is 4.74. The number of benzene rings is 2. The van der Waals surface area contributed by atoms with E-state index in [1.807, 2.05) is 25.1 Å². The van der Waals surface area contributed by atoms with Crippen molar-refractivity contribution in [1.29, 1.82) is 0 Å². The number of hydrogen-bond acceptors (Lipinski definition) is 3. The molecule has 5 heteroatoms. The first-order valence-corrected chi connectivity index (χ1v) is 7.77. The van der Waals surface area contributed by atoms with E-state index < -0.39 is 0 Å². The number of allylic oxidation sites excluding steroid dienone is 2. The van der Waals surface area contributed by atoms with Crippen LogP contribution in [-0.2, 0) is 0 Å². The topological polar surface area (TPSA) is 46.2 Å². The summed E-state index contributed by atoms with van der Waals surface area (Å²) in [5.41, 5.74) is 2.54. The lowest BCUT2D eigenvalue weighted by atomic mass is 9.92. The monoisotopic (exact) mass is 375 g/mol. The number of hydrogen-bond donors (Lipinski definition) is 1. The molecule has 2 aromatic rings. The van der Waals surface area contributed by atoms with E-state index in [4.69, 9.17) is 11.6 Å². The van der Waals surface area contributed by atoms with Crippen LogP contribution in [0.5, 0.6) is 0 Å². The van der Waals surface area contributed by atoms with Crippen LogP contribution >= 0.6 is 27.5 Å². The van der Waals surface area contributed by atoms with E-state index in [0.29, 0.717) is 16.8 Å². The minimum Gasteiger partial charge on any atom is -0.351 e. The Morgan fingerprint density at radius 2 is 1.64 bits per heavy atom. The van der Waals surface area contributed by atoms with Gasteiger partial charge in [-0.2, -0.15) is 0 Å². The third kappa shape index (κ3) is 2.49. The van der Waals surface area contributed by atoms with Gasteiger partial charge >= 0.3 is 0 Å². The largest absolute Gasteiger partial charge is 0.351 e. The summed E-state index contributed by atoms with van der Waals surface area (Å²) in [4.78, 5) is 24.9. The Morgan fingerprint density at radius 1 is 1.00 bits per heavy atom. The molecule has 0 fully saturated rings. The van der Waals surface area contributed by atoms with Crippen LogP contribution in [0.1, 0.15) is 26.3 Å². The fraction of sp³-hybridized carbons (Fsp3) is 0.0588. The number of halogens is 2. The summed E-state index contributed by atoms with van der Waals surface area (Å²) < 4.78 is 0.967. The van der Waals surface area contributed by atoms with Crippen LogP contribution in [-0.4, -0.2) is 11.6 Å². The number of carbonyl (C=O) groups is 2. The van der Waals surface area contributed by atoms with E-state index in [2.05, 4.69) is 21.2 Å². The van der Waals surface area contributed by atoms with Gasteiger partial charge in [0.05, 0.1) is 0 Å². The van der Waals surface area contributed by atoms with E-state index in [-0.39, 0.29) is 22.3 Å². The molecule has 0 aliphatic heterocycles. The summed E-state index contributed by atoms with van der Waals surface area (Å²) in [5.74, 6) is -0.617. The summed E-state index contributed by atoms with van der Waals surface area (Å²) in [6.07, 6.45) is 0. The van der Waals surface area contributed by atoms with E-state index in [9.17, 15) is 9.59 Å². The zero-order chi connectivity index (χ0) is 15.9. The maximum absolute atomic E-state index is 12.6. The minimum atomic E-state index is -0.340. The van der Waals surface area contributed by atoms with Crippen molar-refractivity contribution in [3.63, 3.8) is 0 Å². The van der Waals surface area contributed by atoms with E-state index in [1.54, 1.807) is 24.3 Å². The summed E-state index contributed by atoms with van der Waals surface area (Å²) in [6, 6.07) is 12.2. The first-order valence-electron chi connectivity index (χ1n) is 6.60. The molecule has 1 aliphatic carbocycles. The predicted molar refractivity (Wildman–Crippen MR) is 90.5 cm³/mol. The van der Waals surface area contributed by atoms with Crippen molar-refractivity contribution < 1.29 is 9.59 Å². The first-order chi connectivity index (χ1) is 10.5. The van der Waals surface area contributed by atoms with Crippen molar-refractivity contribution in [3.8, 4) is 0 Å². The van der Waals surface area contributed by atoms with Gasteiger partial charge in [-0.3, -0.25) is 9.59 Å². The molecule has 0 spiro atoms. The molecule has 2 aromatic carbocycles. The molecule has 0 atom stereocenters. The quantitative estimate of drug-likeness (QED) is 0.826. The lowest BCUT2D eigenvalue weighted by Gasteiger charge is -2.19.